The summed E-state index contributed by atoms with van der Waals surface area (Å²) in [6.07, 6.45) is 4.55. The van der Waals surface area contributed by atoms with E-state index >= 15 is 0 Å². The van der Waals surface area contributed by atoms with Gasteiger partial charge in [-0.15, -0.1) is 0 Å². The van der Waals surface area contributed by atoms with Crippen LogP contribution in [0.1, 0.15) is 12.8 Å². The van der Waals surface area contributed by atoms with Crippen molar-refractivity contribution < 1.29 is 0 Å². The highest BCUT2D eigenvalue weighted by Crippen LogP contribution is 2.30. The minimum Gasteiger partial charge on any atom is -0.382 e. The lowest BCUT2D eigenvalue weighted by Gasteiger charge is -2.33. The van der Waals surface area contributed by atoms with E-state index in [4.69, 9.17) is 0 Å². The van der Waals surface area contributed by atoms with Crippen LogP contribution in [0.5, 0.6) is 0 Å². The molecule has 110 valence electrons. The van der Waals surface area contributed by atoms with Gasteiger partial charge in [0.05, 0.1) is 0 Å². The average molecular weight is 282 g/mol. The predicted octanol–water partition coefficient (Wildman–Crippen LogP) is 2.56. The third kappa shape index (κ3) is 2.68. The molecule has 4 nitrogen and oxygen atoms in total. The fourth-order valence-corrected chi connectivity index (χ4v) is 2.99. The monoisotopic (exact) mass is 282 g/mol. The highest BCUT2D eigenvalue weighted by atomic mass is 15.3. The third-order valence-corrected chi connectivity index (χ3v) is 4.49. The first kappa shape index (κ1) is 12.9. The van der Waals surface area contributed by atoms with E-state index in [2.05, 4.69) is 51.4 Å². The fourth-order valence-electron chi connectivity index (χ4n) is 2.99. The number of aromatic nitrogens is 1. The molecule has 1 aliphatic carbocycles. The van der Waals surface area contributed by atoms with Crippen molar-refractivity contribution in [2.75, 3.05) is 43.4 Å². The van der Waals surface area contributed by atoms with E-state index in [1.54, 1.807) is 0 Å². The molecule has 0 radical (unpaired) electrons. The first-order valence-corrected chi connectivity index (χ1v) is 7.88. The van der Waals surface area contributed by atoms with Crippen LogP contribution in [-0.2, 0) is 0 Å². The molecule has 1 N–H and O–H groups in total. The van der Waals surface area contributed by atoms with Crippen molar-refractivity contribution in [2.45, 2.75) is 18.9 Å². The number of nitrogens with one attached hydrogen (secondary N) is 1. The number of pyridine rings is 1. The summed E-state index contributed by atoms with van der Waals surface area (Å²) in [5, 5.41) is 6.12. The van der Waals surface area contributed by atoms with E-state index in [0.29, 0.717) is 6.04 Å². The molecule has 21 heavy (non-hydrogen) atoms. The van der Waals surface area contributed by atoms with Crippen molar-refractivity contribution >= 4 is 22.3 Å². The zero-order valence-electron chi connectivity index (χ0n) is 12.5. The maximum absolute atomic E-state index is 4.65. The van der Waals surface area contributed by atoms with Crippen LogP contribution < -0.4 is 10.2 Å². The quantitative estimate of drug-likeness (QED) is 0.937. The fraction of sp³-hybridized carbons (Fsp3) is 0.471. The zero-order valence-corrected chi connectivity index (χ0v) is 12.5. The summed E-state index contributed by atoms with van der Waals surface area (Å²) in [6.45, 7) is 4.34. The van der Waals surface area contributed by atoms with Crippen molar-refractivity contribution in [1.29, 1.82) is 0 Å². The maximum atomic E-state index is 4.65. The normalized spacial score (nSPS) is 20.0. The Morgan fingerprint density at radius 3 is 2.67 bits per heavy atom. The topological polar surface area (TPSA) is 31.4 Å². The van der Waals surface area contributed by atoms with Gasteiger partial charge in [0.25, 0.3) is 0 Å². The standard InChI is InChI=1S/C17H22N4/c1-20-8-10-21(11-9-20)17-16-5-4-15(19-14-2-3-14)12-13(16)6-7-18-17/h4-7,12,14,19H,2-3,8-11H2,1H3. The number of rotatable bonds is 3. The summed E-state index contributed by atoms with van der Waals surface area (Å²) in [6, 6.07) is 9.49. The van der Waals surface area contributed by atoms with E-state index in [9.17, 15) is 0 Å². The summed E-state index contributed by atoms with van der Waals surface area (Å²) in [5.74, 6) is 1.14. The lowest BCUT2D eigenvalue weighted by Crippen LogP contribution is -2.44. The van der Waals surface area contributed by atoms with E-state index in [1.165, 1.54) is 29.3 Å². The summed E-state index contributed by atoms with van der Waals surface area (Å²) < 4.78 is 0. The number of likely N-dealkylation sites (N-methyl/N-ethyl adjacent to an activating group) is 1. The smallest absolute Gasteiger partial charge is 0.136 e. The molecule has 0 unspecified atom stereocenters. The first-order valence-electron chi connectivity index (χ1n) is 7.88. The van der Waals surface area contributed by atoms with Gasteiger partial charge in [-0.2, -0.15) is 0 Å². The molecule has 1 aromatic carbocycles. The van der Waals surface area contributed by atoms with Gasteiger partial charge in [-0.05, 0) is 49.5 Å². The Morgan fingerprint density at radius 2 is 1.90 bits per heavy atom. The largest absolute Gasteiger partial charge is 0.382 e. The first-order chi connectivity index (χ1) is 10.3. The second-order valence-corrected chi connectivity index (χ2v) is 6.28. The highest BCUT2D eigenvalue weighted by molar-refractivity contribution is 5.94. The van der Waals surface area contributed by atoms with Crippen LogP contribution in [0.4, 0.5) is 11.5 Å². The molecule has 1 aliphatic heterocycles. The maximum Gasteiger partial charge on any atom is 0.136 e. The van der Waals surface area contributed by atoms with Crippen LogP contribution in [0, 0.1) is 0 Å². The lowest BCUT2D eigenvalue weighted by atomic mass is 10.1. The van der Waals surface area contributed by atoms with Crippen molar-refractivity contribution in [3.63, 3.8) is 0 Å². The van der Waals surface area contributed by atoms with Gasteiger partial charge in [-0.3, -0.25) is 0 Å². The molecule has 4 rings (SSSR count). The number of fused-ring (bicyclic) bond motifs is 1. The van der Waals surface area contributed by atoms with Crippen LogP contribution >= 0.6 is 0 Å². The van der Waals surface area contributed by atoms with E-state index < -0.39 is 0 Å². The Kier molecular flexibility index (Phi) is 3.19. The molecule has 4 heteroatoms. The average Bonchev–Trinajstić information content (AvgIpc) is 3.31. The van der Waals surface area contributed by atoms with Gasteiger partial charge in [0, 0.05) is 49.5 Å². The Morgan fingerprint density at radius 1 is 1.10 bits per heavy atom. The molecule has 2 heterocycles. The van der Waals surface area contributed by atoms with Gasteiger partial charge < -0.3 is 15.1 Å². The van der Waals surface area contributed by atoms with E-state index in [-0.39, 0.29) is 0 Å². The van der Waals surface area contributed by atoms with Gasteiger partial charge in [-0.25, -0.2) is 4.98 Å². The molecule has 0 spiro atoms. The predicted molar refractivity (Wildman–Crippen MR) is 88.1 cm³/mol. The minimum atomic E-state index is 0.696. The molecule has 0 bridgehead atoms. The Balaban J connectivity index is 1.65. The zero-order chi connectivity index (χ0) is 14.2. The van der Waals surface area contributed by atoms with E-state index in [0.717, 1.165) is 32.0 Å². The number of benzene rings is 1. The van der Waals surface area contributed by atoms with Crippen LogP contribution in [0.2, 0.25) is 0 Å². The second-order valence-electron chi connectivity index (χ2n) is 6.28. The van der Waals surface area contributed by atoms with Crippen LogP contribution in [-0.4, -0.2) is 49.2 Å². The van der Waals surface area contributed by atoms with Crippen molar-refractivity contribution in [3.05, 3.63) is 30.5 Å². The van der Waals surface area contributed by atoms with Gasteiger partial charge in [-0.1, -0.05) is 0 Å². The molecular weight excluding hydrogens is 260 g/mol. The molecule has 2 aliphatic rings. The number of nitrogens with zero attached hydrogens (tertiary/aromatic N) is 3. The van der Waals surface area contributed by atoms with E-state index in [1.807, 2.05) is 6.20 Å². The Labute approximate surface area is 125 Å². The SMILES string of the molecule is CN1CCN(c2nccc3cc(NC4CC4)ccc23)CC1. The molecule has 2 aromatic rings. The summed E-state index contributed by atoms with van der Waals surface area (Å²) in [7, 11) is 2.18. The Bertz CT molecular complexity index is 642. The molecular formula is C17H22N4. The van der Waals surface area contributed by atoms with Gasteiger partial charge >= 0.3 is 0 Å². The number of hydrogen-bond donors (Lipinski definition) is 1. The minimum absolute atomic E-state index is 0.696. The van der Waals surface area contributed by atoms with Crippen molar-refractivity contribution in [2.24, 2.45) is 0 Å². The Hall–Kier alpha value is -1.81. The number of hydrogen-bond acceptors (Lipinski definition) is 4. The molecule has 0 amide bonds. The molecule has 0 atom stereocenters. The molecule has 1 saturated carbocycles. The van der Waals surface area contributed by atoms with Crippen LogP contribution in [0.15, 0.2) is 30.5 Å². The van der Waals surface area contributed by atoms with Gasteiger partial charge in [0.1, 0.15) is 5.82 Å². The molecule has 1 aromatic heterocycles. The van der Waals surface area contributed by atoms with Crippen molar-refractivity contribution in [3.8, 4) is 0 Å². The van der Waals surface area contributed by atoms with Gasteiger partial charge in [0.2, 0.25) is 0 Å². The van der Waals surface area contributed by atoms with Crippen LogP contribution in [0.3, 0.4) is 0 Å². The highest BCUT2D eigenvalue weighted by Gasteiger charge is 2.21. The third-order valence-electron chi connectivity index (χ3n) is 4.49. The molecule has 1 saturated heterocycles. The summed E-state index contributed by atoms with van der Waals surface area (Å²) >= 11 is 0. The summed E-state index contributed by atoms with van der Waals surface area (Å²) in [4.78, 5) is 9.43. The van der Waals surface area contributed by atoms with Crippen molar-refractivity contribution in [1.82, 2.24) is 9.88 Å². The number of anilines is 2. The van der Waals surface area contributed by atoms with Crippen LogP contribution in [0.25, 0.3) is 10.8 Å². The number of piperazine rings is 1. The van der Waals surface area contributed by atoms with Gasteiger partial charge in [0.15, 0.2) is 0 Å². The lowest BCUT2D eigenvalue weighted by molar-refractivity contribution is 0.312. The second kappa shape index (κ2) is 5.19. The summed E-state index contributed by atoms with van der Waals surface area (Å²) in [5.41, 5.74) is 1.24. The molecule has 2 fully saturated rings.